The highest BCUT2D eigenvalue weighted by Gasteiger charge is 2.16. The van der Waals surface area contributed by atoms with E-state index in [2.05, 4.69) is 25.9 Å². The molecule has 0 fully saturated rings. The van der Waals surface area contributed by atoms with E-state index in [-0.39, 0.29) is 65.8 Å². The van der Waals surface area contributed by atoms with Gasteiger partial charge in [-0.2, -0.15) is 0 Å². The average molecular weight is 476 g/mol. The third kappa shape index (κ3) is 12.0. The second-order valence-corrected chi connectivity index (χ2v) is 5.31. The summed E-state index contributed by atoms with van der Waals surface area (Å²) in [6, 6.07) is 0. The predicted octanol–water partition coefficient (Wildman–Crippen LogP) is -1.09. The van der Waals surface area contributed by atoms with Crippen molar-refractivity contribution >= 4 is 65.9 Å². The Kier molecular flexibility index (Phi) is 15.5. The number of nitrogens with zero attached hydrogens (tertiary/aromatic N) is 2. The summed E-state index contributed by atoms with van der Waals surface area (Å²) in [7, 11) is 0. The molecule has 16 heteroatoms. The van der Waals surface area contributed by atoms with E-state index in [0.29, 0.717) is 33.0 Å². The normalized spacial score (nSPS) is 9.55. The minimum Gasteiger partial charge on any atom is -0.382 e. The van der Waals surface area contributed by atoms with Gasteiger partial charge in [0.05, 0.1) is 26.4 Å². The van der Waals surface area contributed by atoms with Crippen molar-refractivity contribution < 1.29 is 14.3 Å². The van der Waals surface area contributed by atoms with E-state index in [4.69, 9.17) is 49.1 Å². The number of ether oxygens (including phenoxy) is 2. The number of nitrogen functional groups attached to an aromatic ring is 2. The topological polar surface area (TPSA) is 223 Å². The van der Waals surface area contributed by atoms with E-state index >= 15 is 0 Å². The van der Waals surface area contributed by atoms with Gasteiger partial charge in [-0.1, -0.05) is 11.6 Å². The van der Waals surface area contributed by atoms with Crippen molar-refractivity contribution in [3.8, 4) is 0 Å². The SMILES string of the molecule is Cl.Cl.N=C(N)NCCOCCOCCNC(=N)NC(=O)c1nc(Cl)c(N)nc1N. The highest BCUT2D eigenvalue weighted by molar-refractivity contribution is 6.31. The van der Waals surface area contributed by atoms with Crippen LogP contribution in [0.1, 0.15) is 10.5 Å². The summed E-state index contributed by atoms with van der Waals surface area (Å²) in [6.07, 6.45) is 0. The highest BCUT2D eigenvalue weighted by atomic mass is 35.5. The van der Waals surface area contributed by atoms with Gasteiger partial charge in [0.15, 0.2) is 34.4 Å². The summed E-state index contributed by atoms with van der Waals surface area (Å²) in [5, 5.41) is 22.0. The van der Waals surface area contributed by atoms with E-state index < -0.39 is 5.91 Å². The van der Waals surface area contributed by atoms with Crippen molar-refractivity contribution in [3.63, 3.8) is 0 Å². The summed E-state index contributed by atoms with van der Waals surface area (Å²) < 4.78 is 10.5. The Morgan fingerprint density at radius 1 is 0.966 bits per heavy atom. The van der Waals surface area contributed by atoms with Crippen LogP contribution in [0, 0.1) is 10.8 Å². The van der Waals surface area contributed by atoms with Gasteiger partial charge in [0.1, 0.15) is 0 Å². The minimum absolute atomic E-state index is 0. The maximum absolute atomic E-state index is 12.0. The molecule has 1 aromatic heterocycles. The lowest BCUT2D eigenvalue weighted by Crippen LogP contribution is -2.42. The monoisotopic (exact) mass is 474 g/mol. The number of nitrogens with one attached hydrogen (secondary N) is 5. The maximum atomic E-state index is 12.0. The molecule has 0 aliphatic rings. The zero-order valence-corrected chi connectivity index (χ0v) is 17.7. The van der Waals surface area contributed by atoms with Gasteiger partial charge in [-0.05, 0) is 0 Å². The number of amides is 1. The molecule has 0 aliphatic heterocycles. The Morgan fingerprint density at radius 3 is 2.07 bits per heavy atom. The van der Waals surface area contributed by atoms with Gasteiger partial charge in [-0.3, -0.25) is 20.9 Å². The van der Waals surface area contributed by atoms with E-state index in [1.54, 1.807) is 0 Å². The largest absolute Gasteiger partial charge is 0.382 e. The summed E-state index contributed by atoms with van der Waals surface area (Å²) in [5.74, 6) is -1.39. The lowest BCUT2D eigenvalue weighted by Gasteiger charge is -2.11. The van der Waals surface area contributed by atoms with Crippen LogP contribution in [0.5, 0.6) is 0 Å². The first-order valence-corrected chi connectivity index (χ1v) is 8.14. The van der Waals surface area contributed by atoms with Gasteiger partial charge < -0.3 is 37.3 Å². The molecule has 1 aromatic rings. The van der Waals surface area contributed by atoms with Gasteiger partial charge in [-0.15, -0.1) is 24.8 Å². The molecule has 1 rings (SSSR count). The zero-order chi connectivity index (χ0) is 20.2. The molecule has 0 radical (unpaired) electrons. The lowest BCUT2D eigenvalue weighted by molar-refractivity contribution is 0.0518. The van der Waals surface area contributed by atoms with Gasteiger partial charge in [-0.25, -0.2) is 9.97 Å². The third-order valence-electron chi connectivity index (χ3n) is 2.84. The van der Waals surface area contributed by atoms with Gasteiger partial charge in [0.25, 0.3) is 5.91 Å². The van der Waals surface area contributed by atoms with Crippen LogP contribution in [-0.4, -0.2) is 67.3 Å². The van der Waals surface area contributed by atoms with Crippen molar-refractivity contribution in [2.24, 2.45) is 5.73 Å². The summed E-state index contributed by atoms with van der Waals surface area (Å²) >= 11 is 5.70. The molecule has 166 valence electrons. The Hall–Kier alpha value is -2.32. The number of carbonyl (C=O) groups excluding carboxylic acids is 1. The number of halogens is 3. The number of nitrogens with two attached hydrogens (primary N) is 3. The minimum atomic E-state index is -0.743. The molecule has 29 heavy (non-hydrogen) atoms. The molecule has 13 nitrogen and oxygen atoms in total. The van der Waals surface area contributed by atoms with E-state index in [0.717, 1.165) is 0 Å². The molecule has 1 amide bonds. The summed E-state index contributed by atoms with van der Waals surface area (Å²) in [5.41, 5.74) is 15.9. The fourth-order valence-corrected chi connectivity index (χ4v) is 1.78. The van der Waals surface area contributed by atoms with Crippen LogP contribution in [0.2, 0.25) is 5.15 Å². The second kappa shape index (κ2) is 15.6. The van der Waals surface area contributed by atoms with Crippen molar-refractivity contribution in [1.29, 1.82) is 10.8 Å². The summed E-state index contributed by atoms with van der Waals surface area (Å²) in [4.78, 5) is 19.4. The number of rotatable bonds is 10. The standard InChI is InChI=1S/C13H23ClN10O3.2ClH/c14-8-10(16)23-9(15)7(22-8)11(25)24-13(19)21-2-4-27-6-5-26-3-1-20-12(17)18;;/h1-6H2,(H4,15,16,23)(H4,17,18,20)(H3,19,21,24,25);2*1H. The zero-order valence-electron chi connectivity index (χ0n) is 15.3. The molecule has 0 spiro atoms. The van der Waals surface area contributed by atoms with Crippen LogP contribution in [0.25, 0.3) is 0 Å². The fourth-order valence-electron chi connectivity index (χ4n) is 1.65. The van der Waals surface area contributed by atoms with Crippen LogP contribution in [0.4, 0.5) is 11.6 Å². The number of guanidine groups is 2. The molecule has 1 heterocycles. The van der Waals surface area contributed by atoms with Gasteiger partial charge >= 0.3 is 0 Å². The van der Waals surface area contributed by atoms with Crippen molar-refractivity contribution in [3.05, 3.63) is 10.8 Å². The van der Waals surface area contributed by atoms with Crippen LogP contribution in [-0.2, 0) is 9.47 Å². The fraction of sp³-hybridized carbons (Fsp3) is 0.462. The van der Waals surface area contributed by atoms with Gasteiger partial charge in [0, 0.05) is 13.1 Å². The quantitative estimate of drug-likeness (QED) is 0.116. The maximum Gasteiger partial charge on any atom is 0.280 e. The number of carbonyl (C=O) groups is 1. The lowest BCUT2D eigenvalue weighted by atomic mass is 10.4. The smallest absolute Gasteiger partial charge is 0.280 e. The molecular formula is C13H25Cl3N10O3. The molecule has 0 unspecified atom stereocenters. The average Bonchev–Trinajstić information content (AvgIpc) is 2.59. The number of anilines is 2. The number of hydrogen-bond acceptors (Lipinski definition) is 9. The van der Waals surface area contributed by atoms with Crippen LogP contribution in [0.15, 0.2) is 0 Å². The highest BCUT2D eigenvalue weighted by Crippen LogP contribution is 2.16. The van der Waals surface area contributed by atoms with E-state index in [1.165, 1.54) is 0 Å². The Labute approximate surface area is 184 Å². The van der Waals surface area contributed by atoms with Crippen molar-refractivity contribution in [1.82, 2.24) is 25.9 Å². The van der Waals surface area contributed by atoms with E-state index in [9.17, 15) is 4.79 Å². The summed E-state index contributed by atoms with van der Waals surface area (Å²) in [6.45, 7) is 2.17. The van der Waals surface area contributed by atoms with Crippen molar-refractivity contribution in [2.45, 2.75) is 0 Å². The Bertz CT molecular complexity index is 680. The van der Waals surface area contributed by atoms with Crippen LogP contribution >= 0.6 is 36.4 Å². The molecule has 0 saturated carbocycles. The van der Waals surface area contributed by atoms with Crippen LogP contribution in [0.3, 0.4) is 0 Å². The Balaban J connectivity index is 0. The molecule has 0 saturated heterocycles. The molecular weight excluding hydrogens is 451 g/mol. The Morgan fingerprint density at radius 2 is 1.52 bits per heavy atom. The first-order chi connectivity index (χ1) is 12.8. The molecule has 0 bridgehead atoms. The third-order valence-corrected chi connectivity index (χ3v) is 3.12. The molecule has 0 aliphatic carbocycles. The molecule has 11 N–H and O–H groups in total. The molecule has 0 atom stereocenters. The number of hydrogen-bond donors (Lipinski definition) is 8. The molecule has 0 aromatic carbocycles. The van der Waals surface area contributed by atoms with Crippen LogP contribution < -0.4 is 33.2 Å². The van der Waals surface area contributed by atoms with E-state index in [1.807, 2.05) is 0 Å². The first kappa shape index (κ1) is 28.9. The van der Waals surface area contributed by atoms with Crippen molar-refractivity contribution in [2.75, 3.05) is 51.0 Å². The van der Waals surface area contributed by atoms with Gasteiger partial charge in [0.2, 0.25) is 0 Å². The number of aromatic nitrogens is 2. The predicted molar refractivity (Wildman–Crippen MR) is 115 cm³/mol. The second-order valence-electron chi connectivity index (χ2n) is 4.95. The first-order valence-electron chi connectivity index (χ1n) is 7.77.